The zero-order valence-electron chi connectivity index (χ0n) is 49.2. The molecule has 12 unspecified atom stereocenters. The van der Waals surface area contributed by atoms with Crippen molar-refractivity contribution in [2.45, 2.75) is 209 Å². The maximum atomic E-state index is 16.0. The fourth-order valence-electron chi connectivity index (χ4n) is 13.0. The van der Waals surface area contributed by atoms with Crippen LogP contribution >= 0.6 is 0 Å². The van der Waals surface area contributed by atoms with E-state index in [2.05, 4.69) is 152 Å². The van der Waals surface area contributed by atoms with Gasteiger partial charge in [0.05, 0.1) is 7.11 Å². The van der Waals surface area contributed by atoms with Gasteiger partial charge in [-0.3, -0.25) is 24.0 Å². The predicted molar refractivity (Wildman–Crippen MR) is 309 cm³/mol. The number of azide groups is 12. The first-order chi connectivity index (χ1) is 44.2. The summed E-state index contributed by atoms with van der Waals surface area (Å²) in [5, 5.41) is 59.1. The number of methoxy groups -OCH3 is 1. The molecular formula is C42H54N42O9. The second-order valence-corrected chi connectivity index (χ2v) is 23.6. The van der Waals surface area contributed by atoms with E-state index >= 15 is 24.0 Å². The van der Waals surface area contributed by atoms with E-state index < -0.39 is 230 Å². The van der Waals surface area contributed by atoms with Crippen molar-refractivity contribution in [3.8, 4) is 0 Å². The zero-order valence-corrected chi connectivity index (χ0v) is 49.2. The Balaban J connectivity index is 1.55. The lowest BCUT2D eigenvalue weighted by Crippen LogP contribution is -2.72. The molecule has 6 aliphatic rings. The molecule has 0 radical (unpaired) electrons. The molecule has 6 aliphatic carbocycles. The fourth-order valence-corrected chi connectivity index (χ4v) is 13.0. The van der Waals surface area contributed by atoms with Crippen molar-refractivity contribution in [3.63, 3.8) is 0 Å². The van der Waals surface area contributed by atoms with E-state index in [0.29, 0.717) is 0 Å². The van der Waals surface area contributed by atoms with E-state index in [1.54, 1.807) is 0 Å². The van der Waals surface area contributed by atoms with Crippen molar-refractivity contribution in [1.82, 2.24) is 31.9 Å². The van der Waals surface area contributed by atoms with Crippen LogP contribution in [0.5, 0.6) is 0 Å². The molecule has 0 bridgehead atoms. The first kappa shape index (κ1) is 69.9. The van der Waals surface area contributed by atoms with Crippen LogP contribution in [0.25, 0.3) is 125 Å². The van der Waals surface area contributed by atoms with Gasteiger partial charge in [0.25, 0.3) is 0 Å². The number of ether oxygens (including phenoxy) is 2. The molecule has 6 saturated carbocycles. The molecule has 0 heterocycles. The van der Waals surface area contributed by atoms with Crippen molar-refractivity contribution < 1.29 is 43.0 Å². The summed E-state index contributed by atoms with van der Waals surface area (Å²) in [5.74, 6) is -8.16. The Bertz CT molecular complexity index is 3520. The summed E-state index contributed by atoms with van der Waals surface area (Å²) in [5.41, 5.74) is 99.5. The fraction of sp³-hybridized carbons (Fsp3) is 0.833. The highest BCUT2D eigenvalue weighted by Gasteiger charge is 2.64. The number of nitrogens with one attached hydrogen (secondary N) is 6. The average Bonchev–Trinajstić information content (AvgIpc) is 1.62. The molecule has 6 amide bonds. The van der Waals surface area contributed by atoms with Gasteiger partial charge in [-0.15, -0.1) is 0 Å². The van der Waals surface area contributed by atoms with Gasteiger partial charge in [0.15, 0.2) is 0 Å². The molecule has 51 heteroatoms. The lowest BCUT2D eigenvalue weighted by atomic mass is 9.86. The van der Waals surface area contributed by atoms with Crippen LogP contribution < -0.4 is 31.9 Å². The predicted octanol–water partition coefficient (Wildman–Crippen LogP) is 7.61. The molecule has 93 heavy (non-hydrogen) atoms. The molecule has 0 aromatic rings. The van der Waals surface area contributed by atoms with Gasteiger partial charge in [0.1, 0.15) is 38.8 Å². The van der Waals surface area contributed by atoms with Gasteiger partial charge in [-0.2, -0.15) is 0 Å². The second-order valence-electron chi connectivity index (χ2n) is 23.6. The molecule has 6 rings (SSSR count). The summed E-state index contributed by atoms with van der Waals surface area (Å²) in [6.45, 7) is 4.42. The number of rotatable bonds is 24. The van der Waals surface area contributed by atoms with Gasteiger partial charge in [-0.25, -0.2) is 9.59 Å². The Hall–Kier alpha value is -12.2. The van der Waals surface area contributed by atoms with Crippen molar-refractivity contribution in [3.05, 3.63) is 125 Å². The first-order valence-electron chi connectivity index (χ1n) is 27.5. The molecule has 6 fully saturated rings. The summed E-state index contributed by atoms with van der Waals surface area (Å²) in [6, 6.07) is -17.7. The summed E-state index contributed by atoms with van der Waals surface area (Å²) in [6.07, 6.45) is -10.4. The van der Waals surface area contributed by atoms with Gasteiger partial charge >= 0.3 is 12.1 Å². The number of hydrogen-bond donors (Lipinski definition) is 6. The van der Waals surface area contributed by atoms with E-state index in [9.17, 15) is 76.0 Å². The highest BCUT2D eigenvalue weighted by Crippen LogP contribution is 2.45. The van der Waals surface area contributed by atoms with Gasteiger partial charge in [-0.05, 0) is 164 Å². The Kier molecular flexibility index (Phi) is 21.8. The topological polar surface area (TPSA) is 795 Å². The average molecular weight is 1290 g/mol. The number of carbonyl (C=O) groups excluding carboxylic acids is 7. The van der Waals surface area contributed by atoms with Crippen LogP contribution in [0.4, 0.5) is 4.79 Å². The van der Waals surface area contributed by atoms with Crippen LogP contribution in [0.3, 0.4) is 0 Å². The minimum absolute atomic E-state index is 0.588. The van der Waals surface area contributed by atoms with E-state index in [4.69, 9.17) is 9.47 Å². The maximum absolute atomic E-state index is 16.0. The molecule has 0 spiro atoms. The van der Waals surface area contributed by atoms with Crippen LogP contribution in [-0.2, 0) is 38.2 Å². The quantitative estimate of drug-likeness (QED) is 0.0239. The molecule has 0 aromatic heterocycles. The molecule has 486 valence electrons. The number of alkyl carbamates (subject to hydrolysis) is 1. The van der Waals surface area contributed by atoms with Crippen LogP contribution in [0.2, 0.25) is 0 Å². The third kappa shape index (κ3) is 14.8. The van der Waals surface area contributed by atoms with Crippen molar-refractivity contribution in [2.24, 2.45) is 61.4 Å². The van der Waals surface area contributed by atoms with E-state index in [-0.39, 0.29) is 0 Å². The summed E-state index contributed by atoms with van der Waals surface area (Å²) < 4.78 is 10.5. The zero-order chi connectivity index (χ0) is 68.6. The highest BCUT2D eigenvalue weighted by atomic mass is 16.6. The van der Waals surface area contributed by atoms with Gasteiger partial charge in [0.2, 0.25) is 29.5 Å². The van der Waals surface area contributed by atoms with E-state index in [1.807, 2.05) is 0 Å². The van der Waals surface area contributed by atoms with Crippen LogP contribution in [-0.4, -0.2) is 160 Å². The Labute approximate surface area is 518 Å². The monoisotopic (exact) mass is 1290 g/mol. The smallest absolute Gasteiger partial charge is 0.408 e. The third-order valence-corrected chi connectivity index (χ3v) is 17.0. The highest BCUT2D eigenvalue weighted by molar-refractivity contribution is 6.03. The molecular weight excluding hydrogens is 1240 g/mol. The molecule has 0 aliphatic heterocycles. The van der Waals surface area contributed by atoms with Crippen molar-refractivity contribution in [2.75, 3.05) is 7.11 Å². The normalized spacial score (nSPS) is 34.1. The third-order valence-electron chi connectivity index (χ3n) is 17.0. The van der Waals surface area contributed by atoms with Crippen LogP contribution in [0.15, 0.2) is 61.4 Å². The Morgan fingerprint density at radius 2 is 0.452 bits per heavy atom. The molecule has 0 saturated heterocycles. The minimum Gasteiger partial charge on any atom is -0.467 e. The summed E-state index contributed by atoms with van der Waals surface area (Å²) >= 11 is 0. The first-order valence-corrected chi connectivity index (χ1v) is 27.5. The number of carbonyl (C=O) groups is 7. The molecule has 6 N–H and O–H groups in total. The minimum atomic E-state index is -2.68. The van der Waals surface area contributed by atoms with Crippen LogP contribution in [0, 0.1) is 0 Å². The number of amides is 6. The van der Waals surface area contributed by atoms with E-state index in [1.165, 1.54) is 20.8 Å². The van der Waals surface area contributed by atoms with Gasteiger partial charge in [-0.1, -0.05) is 61.4 Å². The summed E-state index contributed by atoms with van der Waals surface area (Å²) in [7, 11) is 0.923. The van der Waals surface area contributed by atoms with Crippen molar-refractivity contribution >= 4 is 41.6 Å². The number of hydrogen-bond acceptors (Lipinski definition) is 21. The molecule has 0 aromatic carbocycles. The number of esters is 1. The lowest BCUT2D eigenvalue weighted by molar-refractivity contribution is -0.152. The maximum Gasteiger partial charge on any atom is 0.408 e. The molecule has 12 atom stereocenters. The standard InChI is InChI=1S/C42H54N42O9/c1-36(2,3)93-35(91)60-41(13-25(69-81-51)26(14-41)70-82-52)33(89)58-39(9-21(65-77-47)22(10-39)66-78-48)31(87)56-37(5-17(61-73-43)18(6-37)62-74-44)29(85)55-38(7-19(63-75-45)20(8-38)64-76-46)30(86)57-40(11-23(67-79-49)24(12-40)68-80-50)32(88)59-42(34(90)92-4)15-27(71-83-53)28(16-42)72-84-54/h17-28H,5-16H2,1-4H3,(H,55,85)(H,56,87)(H,57,86)(H,58,89)(H,59,88)(H,60,91). The van der Waals surface area contributed by atoms with Gasteiger partial charge < -0.3 is 41.4 Å². The van der Waals surface area contributed by atoms with Gasteiger partial charge in [0, 0.05) is 131 Å². The second kappa shape index (κ2) is 29.0. The number of nitrogens with zero attached hydrogens (tertiary/aromatic N) is 36. The summed E-state index contributed by atoms with van der Waals surface area (Å²) in [4.78, 5) is 139. The Morgan fingerprint density at radius 1 is 0.301 bits per heavy atom. The molecule has 51 nitrogen and oxygen atoms in total. The van der Waals surface area contributed by atoms with Crippen molar-refractivity contribution in [1.29, 1.82) is 0 Å². The lowest BCUT2D eigenvalue weighted by Gasteiger charge is -2.41. The SMILES string of the molecule is COC(=O)C1(NC(=O)C2(NC(=O)C3(NC(=O)C4(NC(=O)C5(NC(=O)C6(NC(=O)OC(C)(C)C)CC(N=[N+]=[N-])C(N=[N+]=[N-])C6)CC(N=[N+]=[N-])C(N=[N+]=[N-])C5)CC(N=[N+]=[N-])C(N=[N+]=[N-])C4)CC(N=[N+]=[N-])C(N=[N+]=[N-])C3)CC(N=[N+]=[N-])C(N=[N+]=[N-])C2)CC(N=[N+]=[N-])C(N=[N+]=[N-])C1. The Morgan fingerprint density at radius 3 is 0.602 bits per heavy atom. The van der Waals surface area contributed by atoms with E-state index in [0.717, 1.165) is 7.11 Å². The largest absolute Gasteiger partial charge is 0.467 e. The van der Waals surface area contributed by atoms with Crippen LogP contribution in [0.1, 0.15) is 97.8 Å².